The normalized spacial score (nSPS) is 15.4. The summed E-state index contributed by atoms with van der Waals surface area (Å²) in [5, 5.41) is 8.00. The first kappa shape index (κ1) is 24.2. The number of anilines is 1. The van der Waals surface area contributed by atoms with Crippen LogP contribution in [0.25, 0.3) is 11.1 Å². The molecule has 0 spiro atoms. The molecule has 3 aromatic rings. The summed E-state index contributed by atoms with van der Waals surface area (Å²) in [5.41, 5.74) is 2.77. The smallest absolute Gasteiger partial charge is 0.414 e. The molecule has 2 N–H and O–H groups in total. The highest BCUT2D eigenvalue weighted by Crippen LogP contribution is 2.29. The Morgan fingerprint density at radius 3 is 2.82 bits per heavy atom. The van der Waals surface area contributed by atoms with Gasteiger partial charge in [-0.2, -0.15) is 0 Å². The zero-order valence-electron chi connectivity index (χ0n) is 18.6. The molecule has 1 aliphatic rings. The lowest BCUT2D eigenvalue weighted by molar-refractivity contribution is -0.119. The molecule has 10 heteroatoms. The van der Waals surface area contributed by atoms with Crippen molar-refractivity contribution in [3.63, 3.8) is 0 Å². The van der Waals surface area contributed by atoms with Crippen molar-refractivity contribution in [3.8, 4) is 11.1 Å². The molecule has 2 aromatic carbocycles. The quantitative estimate of drug-likeness (QED) is 0.319. The molecule has 0 saturated carbocycles. The third-order valence-corrected chi connectivity index (χ3v) is 7.19. The summed E-state index contributed by atoms with van der Waals surface area (Å²) in [4.78, 5) is 28.9. The Labute approximate surface area is 205 Å². The van der Waals surface area contributed by atoms with Crippen LogP contribution in [0.4, 0.5) is 14.9 Å². The third kappa shape index (κ3) is 6.34. The Balaban J connectivity index is 1.31. The number of amides is 2. The van der Waals surface area contributed by atoms with Crippen LogP contribution in [0.5, 0.6) is 0 Å². The van der Waals surface area contributed by atoms with Gasteiger partial charge in [0.15, 0.2) is 0 Å². The fourth-order valence-electron chi connectivity index (χ4n) is 3.53. The second kappa shape index (κ2) is 11.5. The summed E-state index contributed by atoms with van der Waals surface area (Å²) in [5.74, 6) is 0.333. The van der Waals surface area contributed by atoms with Crippen LogP contribution in [0.1, 0.15) is 12.5 Å². The minimum Gasteiger partial charge on any atom is -0.442 e. The first-order chi connectivity index (χ1) is 16.5. The minimum atomic E-state index is -0.551. The number of benzene rings is 2. The highest BCUT2D eigenvalue weighted by molar-refractivity contribution is 8.01. The number of thioether (sulfide) groups is 1. The molecule has 2 amide bonds. The van der Waals surface area contributed by atoms with Gasteiger partial charge in [0.05, 0.1) is 18.8 Å². The number of carbonyl (C=O) groups excluding carboxylic acids is 2. The molecule has 1 atom stereocenters. The van der Waals surface area contributed by atoms with Crippen LogP contribution in [-0.4, -0.2) is 48.5 Å². The molecule has 1 fully saturated rings. The standard InChI is InChI=1S/C24H25FN4O3S2/c1-16(30)28-14-20-15-29(24(31)32-20)19-6-7-21(22(25)12-19)18-4-2-17(3-5-18)13-26-8-10-33-23-27-9-11-34-23/h2-7,9,11-12,20,26H,8,10,13-15H2,1H3,(H,28,30)/t20-/m0/s1. The fraction of sp³-hybridized carbons (Fsp3) is 0.292. The molecule has 1 aromatic heterocycles. The Bertz CT molecular complexity index is 1130. The topological polar surface area (TPSA) is 83.6 Å². The first-order valence-electron chi connectivity index (χ1n) is 10.8. The van der Waals surface area contributed by atoms with Crippen molar-refractivity contribution < 1.29 is 18.7 Å². The molecule has 1 aliphatic heterocycles. The van der Waals surface area contributed by atoms with Crippen molar-refractivity contribution in [1.29, 1.82) is 0 Å². The number of hydrogen-bond acceptors (Lipinski definition) is 7. The van der Waals surface area contributed by atoms with Crippen molar-refractivity contribution >= 4 is 40.8 Å². The number of hydrogen-bond donors (Lipinski definition) is 2. The van der Waals surface area contributed by atoms with Crippen LogP contribution in [-0.2, 0) is 16.1 Å². The number of cyclic esters (lactones) is 1. The predicted octanol–water partition coefficient (Wildman–Crippen LogP) is 4.29. The summed E-state index contributed by atoms with van der Waals surface area (Å²) in [6, 6.07) is 12.5. The Morgan fingerprint density at radius 2 is 2.12 bits per heavy atom. The molecule has 0 aliphatic carbocycles. The maximum Gasteiger partial charge on any atom is 0.414 e. The molecule has 7 nitrogen and oxygen atoms in total. The summed E-state index contributed by atoms with van der Waals surface area (Å²) in [6.07, 6.45) is 0.792. The largest absolute Gasteiger partial charge is 0.442 e. The molecule has 1 saturated heterocycles. The van der Waals surface area contributed by atoms with E-state index in [2.05, 4.69) is 15.6 Å². The van der Waals surface area contributed by atoms with Crippen molar-refractivity contribution in [3.05, 3.63) is 65.4 Å². The van der Waals surface area contributed by atoms with Gasteiger partial charge in [-0.05, 0) is 29.3 Å². The van der Waals surface area contributed by atoms with E-state index >= 15 is 0 Å². The number of rotatable bonds is 10. The lowest BCUT2D eigenvalue weighted by Gasteiger charge is -2.15. The summed E-state index contributed by atoms with van der Waals surface area (Å²) < 4.78 is 21.2. The van der Waals surface area contributed by atoms with Gasteiger partial charge >= 0.3 is 6.09 Å². The highest BCUT2D eigenvalue weighted by atomic mass is 32.2. The van der Waals surface area contributed by atoms with Crippen LogP contribution < -0.4 is 15.5 Å². The second-order valence-electron chi connectivity index (χ2n) is 7.74. The summed E-state index contributed by atoms with van der Waals surface area (Å²) in [7, 11) is 0. The maximum absolute atomic E-state index is 14.9. The van der Waals surface area contributed by atoms with Gasteiger partial charge in [-0.15, -0.1) is 11.3 Å². The number of nitrogens with zero attached hydrogens (tertiary/aromatic N) is 2. The van der Waals surface area contributed by atoms with Gasteiger partial charge in [-0.3, -0.25) is 9.69 Å². The van der Waals surface area contributed by atoms with Crippen molar-refractivity contribution in [2.45, 2.75) is 23.9 Å². The van der Waals surface area contributed by atoms with E-state index in [1.807, 2.05) is 35.8 Å². The van der Waals surface area contributed by atoms with Gasteiger partial charge < -0.3 is 15.4 Å². The van der Waals surface area contributed by atoms with Gasteiger partial charge in [0.1, 0.15) is 16.3 Å². The Morgan fingerprint density at radius 1 is 1.29 bits per heavy atom. The van der Waals surface area contributed by atoms with E-state index in [9.17, 15) is 14.0 Å². The first-order valence-corrected chi connectivity index (χ1v) is 12.7. The second-order valence-corrected chi connectivity index (χ2v) is 9.97. The zero-order chi connectivity index (χ0) is 23.9. The van der Waals surface area contributed by atoms with Gasteiger partial charge in [0.25, 0.3) is 0 Å². The molecular formula is C24H25FN4O3S2. The number of carbonyl (C=O) groups is 2. The average Bonchev–Trinajstić information content (AvgIpc) is 3.47. The number of ether oxygens (including phenoxy) is 1. The van der Waals surface area contributed by atoms with Crippen molar-refractivity contribution in [2.75, 3.05) is 30.3 Å². The van der Waals surface area contributed by atoms with Gasteiger partial charge in [-0.25, -0.2) is 14.2 Å². The molecule has 0 unspecified atom stereocenters. The SMILES string of the molecule is CC(=O)NC[C@H]1CN(c2ccc(-c3ccc(CNCCSc4nccs4)cc3)c(F)c2)C(=O)O1. The zero-order valence-corrected chi connectivity index (χ0v) is 20.3. The van der Waals surface area contributed by atoms with E-state index in [0.29, 0.717) is 11.3 Å². The van der Waals surface area contributed by atoms with E-state index in [-0.39, 0.29) is 19.0 Å². The average molecular weight is 501 g/mol. The Kier molecular flexibility index (Phi) is 8.15. The highest BCUT2D eigenvalue weighted by Gasteiger charge is 2.32. The van der Waals surface area contributed by atoms with E-state index in [1.165, 1.54) is 17.9 Å². The van der Waals surface area contributed by atoms with Crippen molar-refractivity contribution in [1.82, 2.24) is 15.6 Å². The van der Waals surface area contributed by atoms with E-state index in [0.717, 1.165) is 34.3 Å². The van der Waals surface area contributed by atoms with Crippen LogP contribution in [0, 0.1) is 5.82 Å². The molecule has 0 bridgehead atoms. The molecule has 4 rings (SSSR count). The van der Waals surface area contributed by atoms with E-state index < -0.39 is 18.0 Å². The number of nitrogens with one attached hydrogen (secondary N) is 2. The summed E-state index contributed by atoms with van der Waals surface area (Å²) in [6.45, 7) is 3.48. The molecule has 34 heavy (non-hydrogen) atoms. The number of thiazole rings is 1. The minimum absolute atomic E-state index is 0.197. The maximum atomic E-state index is 14.9. The van der Waals surface area contributed by atoms with Crippen LogP contribution >= 0.6 is 23.1 Å². The van der Waals surface area contributed by atoms with Crippen LogP contribution in [0.2, 0.25) is 0 Å². The number of halogens is 1. The monoisotopic (exact) mass is 500 g/mol. The lowest BCUT2D eigenvalue weighted by atomic mass is 10.0. The Hall–Kier alpha value is -2.95. The van der Waals surface area contributed by atoms with Crippen molar-refractivity contribution in [2.24, 2.45) is 0 Å². The third-order valence-electron chi connectivity index (χ3n) is 5.23. The van der Waals surface area contributed by atoms with Crippen LogP contribution in [0.3, 0.4) is 0 Å². The summed E-state index contributed by atoms with van der Waals surface area (Å²) >= 11 is 3.37. The van der Waals surface area contributed by atoms with Gasteiger partial charge in [0.2, 0.25) is 5.91 Å². The van der Waals surface area contributed by atoms with E-state index in [4.69, 9.17) is 4.74 Å². The van der Waals surface area contributed by atoms with Gasteiger partial charge in [-0.1, -0.05) is 36.0 Å². The molecule has 2 heterocycles. The van der Waals surface area contributed by atoms with E-state index in [1.54, 1.807) is 35.2 Å². The predicted molar refractivity (Wildman–Crippen MR) is 133 cm³/mol. The molecule has 178 valence electrons. The fourth-order valence-corrected chi connectivity index (χ4v) is 5.13. The number of aromatic nitrogens is 1. The lowest BCUT2D eigenvalue weighted by Crippen LogP contribution is -2.33. The molecule has 0 radical (unpaired) electrons. The van der Waals surface area contributed by atoms with Gasteiger partial charge in [0, 0.05) is 42.9 Å². The van der Waals surface area contributed by atoms with Crippen LogP contribution in [0.15, 0.2) is 58.4 Å². The molecular weight excluding hydrogens is 475 g/mol.